The largest absolute Gasteiger partial charge is 0.497 e. The van der Waals surface area contributed by atoms with Crippen LogP contribution in [0.1, 0.15) is 13.3 Å². The summed E-state index contributed by atoms with van der Waals surface area (Å²) in [4.78, 5) is 25.8. The molecular formula is C19H21ClN2O4. The lowest BCUT2D eigenvalue weighted by atomic mass is 10.2. The van der Waals surface area contributed by atoms with Gasteiger partial charge in [-0.25, -0.2) is 0 Å². The maximum absolute atomic E-state index is 12.2. The van der Waals surface area contributed by atoms with Gasteiger partial charge in [0.15, 0.2) is 0 Å². The van der Waals surface area contributed by atoms with Crippen LogP contribution in [0.3, 0.4) is 0 Å². The van der Waals surface area contributed by atoms with Crippen molar-refractivity contribution < 1.29 is 19.1 Å². The van der Waals surface area contributed by atoms with Gasteiger partial charge >= 0.3 is 0 Å². The lowest BCUT2D eigenvalue weighted by Crippen LogP contribution is -2.32. The van der Waals surface area contributed by atoms with Crippen LogP contribution >= 0.6 is 11.6 Å². The number of halogens is 1. The number of hydrogen-bond donors (Lipinski definition) is 1. The summed E-state index contributed by atoms with van der Waals surface area (Å²) < 4.78 is 10.4. The van der Waals surface area contributed by atoms with Gasteiger partial charge in [-0.05, 0) is 30.3 Å². The Bertz CT molecular complexity index is 795. The summed E-state index contributed by atoms with van der Waals surface area (Å²) in [7, 11) is 3.07. The number of methoxy groups -OCH3 is 2. The van der Waals surface area contributed by atoms with Gasteiger partial charge in [-0.2, -0.15) is 0 Å². The Balaban J connectivity index is 2.08. The van der Waals surface area contributed by atoms with Crippen molar-refractivity contribution in [2.45, 2.75) is 13.3 Å². The van der Waals surface area contributed by atoms with E-state index in [2.05, 4.69) is 5.32 Å². The van der Waals surface area contributed by atoms with Crippen LogP contribution < -0.4 is 19.7 Å². The van der Waals surface area contributed by atoms with Crippen molar-refractivity contribution in [3.05, 3.63) is 47.5 Å². The minimum Gasteiger partial charge on any atom is -0.497 e. The van der Waals surface area contributed by atoms with E-state index in [0.717, 1.165) is 0 Å². The number of carbonyl (C=O) groups is 2. The van der Waals surface area contributed by atoms with E-state index in [9.17, 15) is 9.59 Å². The Morgan fingerprint density at radius 3 is 2.54 bits per heavy atom. The SMILES string of the molecule is COc1cccc(NC(=O)CCN(C(C)=O)c2cc(Cl)ccc2OC)c1. The molecule has 2 amide bonds. The minimum absolute atomic E-state index is 0.118. The minimum atomic E-state index is -0.217. The number of hydrogen-bond acceptors (Lipinski definition) is 4. The van der Waals surface area contributed by atoms with Crippen molar-refractivity contribution in [1.82, 2.24) is 0 Å². The van der Waals surface area contributed by atoms with E-state index >= 15 is 0 Å². The second-order valence-electron chi connectivity index (χ2n) is 5.52. The standard InChI is InChI=1S/C19H21ClN2O4/c1-13(23)22(17-11-14(20)7-8-18(17)26-3)10-9-19(24)21-15-5-4-6-16(12-15)25-2/h4-8,11-12H,9-10H2,1-3H3,(H,21,24). The van der Waals surface area contributed by atoms with Gasteiger partial charge in [0.05, 0.1) is 19.9 Å². The van der Waals surface area contributed by atoms with Crippen LogP contribution in [0, 0.1) is 0 Å². The molecular weight excluding hydrogens is 356 g/mol. The smallest absolute Gasteiger partial charge is 0.226 e. The second-order valence-corrected chi connectivity index (χ2v) is 5.95. The van der Waals surface area contributed by atoms with Gasteiger partial charge in [0, 0.05) is 36.7 Å². The Hall–Kier alpha value is -2.73. The van der Waals surface area contributed by atoms with E-state index in [1.807, 2.05) is 0 Å². The summed E-state index contributed by atoms with van der Waals surface area (Å²) in [6.45, 7) is 1.63. The molecule has 2 aromatic rings. The van der Waals surface area contributed by atoms with E-state index in [4.69, 9.17) is 21.1 Å². The Morgan fingerprint density at radius 2 is 1.88 bits per heavy atom. The number of carbonyl (C=O) groups excluding carboxylic acids is 2. The monoisotopic (exact) mass is 376 g/mol. The zero-order valence-electron chi connectivity index (χ0n) is 14.9. The van der Waals surface area contributed by atoms with Crippen molar-refractivity contribution in [3.8, 4) is 11.5 Å². The predicted octanol–water partition coefficient (Wildman–Crippen LogP) is 3.74. The van der Waals surface area contributed by atoms with Crippen LogP contribution in [0.25, 0.3) is 0 Å². The Morgan fingerprint density at radius 1 is 1.12 bits per heavy atom. The zero-order valence-corrected chi connectivity index (χ0v) is 15.7. The summed E-state index contributed by atoms with van der Waals surface area (Å²) in [5, 5.41) is 3.27. The van der Waals surface area contributed by atoms with Gasteiger partial charge in [0.2, 0.25) is 11.8 Å². The highest BCUT2D eigenvalue weighted by atomic mass is 35.5. The van der Waals surface area contributed by atoms with Crippen LogP contribution in [-0.4, -0.2) is 32.6 Å². The lowest BCUT2D eigenvalue weighted by Gasteiger charge is -2.23. The van der Waals surface area contributed by atoms with Gasteiger partial charge in [-0.1, -0.05) is 17.7 Å². The van der Waals surface area contributed by atoms with Crippen molar-refractivity contribution in [2.24, 2.45) is 0 Å². The average Bonchev–Trinajstić information content (AvgIpc) is 2.62. The summed E-state index contributed by atoms with van der Waals surface area (Å²) >= 11 is 6.04. The quantitative estimate of drug-likeness (QED) is 0.799. The molecule has 0 radical (unpaired) electrons. The highest BCUT2D eigenvalue weighted by Gasteiger charge is 2.18. The molecule has 0 aromatic heterocycles. The molecule has 0 unspecified atom stereocenters. The van der Waals surface area contributed by atoms with E-state index in [0.29, 0.717) is 27.9 Å². The van der Waals surface area contributed by atoms with Crippen molar-refractivity contribution in [1.29, 1.82) is 0 Å². The average molecular weight is 377 g/mol. The Kier molecular flexibility index (Phi) is 6.86. The molecule has 7 heteroatoms. The maximum atomic E-state index is 12.2. The summed E-state index contributed by atoms with van der Waals surface area (Å²) in [6, 6.07) is 12.1. The molecule has 0 aliphatic carbocycles. The fraction of sp³-hybridized carbons (Fsp3) is 0.263. The molecule has 1 N–H and O–H groups in total. The molecule has 0 bridgehead atoms. The fourth-order valence-electron chi connectivity index (χ4n) is 2.46. The first-order valence-corrected chi connectivity index (χ1v) is 8.38. The molecule has 2 rings (SSSR count). The van der Waals surface area contributed by atoms with Crippen molar-refractivity contribution in [3.63, 3.8) is 0 Å². The molecule has 2 aromatic carbocycles. The molecule has 138 valence electrons. The zero-order chi connectivity index (χ0) is 19.1. The number of nitrogens with zero attached hydrogens (tertiary/aromatic N) is 1. The van der Waals surface area contributed by atoms with Crippen molar-refractivity contribution in [2.75, 3.05) is 31.0 Å². The van der Waals surface area contributed by atoms with Crippen LogP contribution in [-0.2, 0) is 9.59 Å². The van der Waals surface area contributed by atoms with Crippen molar-refractivity contribution >= 4 is 34.8 Å². The van der Waals surface area contributed by atoms with E-state index in [-0.39, 0.29) is 24.8 Å². The van der Waals surface area contributed by atoms with Gasteiger partial charge < -0.3 is 19.7 Å². The number of anilines is 2. The summed E-state index contributed by atoms with van der Waals surface area (Å²) in [5.74, 6) is 0.736. The molecule has 0 saturated carbocycles. The molecule has 0 saturated heterocycles. The summed E-state index contributed by atoms with van der Waals surface area (Å²) in [6.07, 6.45) is 0.118. The molecule has 0 spiro atoms. The van der Waals surface area contributed by atoms with Gasteiger partial charge in [0.25, 0.3) is 0 Å². The third kappa shape index (κ3) is 5.13. The van der Waals surface area contributed by atoms with Gasteiger partial charge in [-0.3, -0.25) is 9.59 Å². The number of ether oxygens (including phenoxy) is 2. The molecule has 0 aliphatic heterocycles. The van der Waals surface area contributed by atoms with Crippen LogP contribution in [0.2, 0.25) is 5.02 Å². The molecule has 0 heterocycles. The molecule has 0 fully saturated rings. The third-order valence-electron chi connectivity index (χ3n) is 3.73. The summed E-state index contributed by atoms with van der Waals surface area (Å²) in [5.41, 5.74) is 1.16. The first kappa shape index (κ1) is 19.6. The number of amides is 2. The topological polar surface area (TPSA) is 67.9 Å². The van der Waals surface area contributed by atoms with E-state index in [1.54, 1.807) is 49.6 Å². The first-order chi connectivity index (χ1) is 12.4. The molecule has 26 heavy (non-hydrogen) atoms. The van der Waals surface area contributed by atoms with E-state index in [1.165, 1.54) is 18.9 Å². The number of nitrogens with one attached hydrogen (secondary N) is 1. The molecule has 6 nitrogen and oxygen atoms in total. The molecule has 0 atom stereocenters. The van der Waals surface area contributed by atoms with Crippen LogP contribution in [0.4, 0.5) is 11.4 Å². The lowest BCUT2D eigenvalue weighted by molar-refractivity contribution is -0.117. The first-order valence-electron chi connectivity index (χ1n) is 8.00. The number of rotatable bonds is 7. The third-order valence-corrected chi connectivity index (χ3v) is 3.96. The van der Waals surface area contributed by atoms with Gasteiger partial charge in [-0.15, -0.1) is 0 Å². The van der Waals surface area contributed by atoms with E-state index < -0.39 is 0 Å². The normalized spacial score (nSPS) is 10.2. The van der Waals surface area contributed by atoms with Crippen LogP contribution in [0.15, 0.2) is 42.5 Å². The maximum Gasteiger partial charge on any atom is 0.226 e. The highest BCUT2D eigenvalue weighted by Crippen LogP contribution is 2.31. The fourth-order valence-corrected chi connectivity index (χ4v) is 2.63. The highest BCUT2D eigenvalue weighted by molar-refractivity contribution is 6.31. The second kappa shape index (κ2) is 9.10. The Labute approximate surface area is 157 Å². The van der Waals surface area contributed by atoms with Gasteiger partial charge in [0.1, 0.15) is 11.5 Å². The predicted molar refractivity (Wildman–Crippen MR) is 102 cm³/mol. The van der Waals surface area contributed by atoms with Crippen LogP contribution in [0.5, 0.6) is 11.5 Å². The molecule has 0 aliphatic rings. The number of benzene rings is 2.